The molecule has 184 valence electrons. The lowest BCUT2D eigenvalue weighted by Gasteiger charge is -2.41. The van der Waals surface area contributed by atoms with E-state index >= 15 is 0 Å². The molecule has 1 saturated heterocycles. The second-order valence-electron chi connectivity index (χ2n) is 8.84. The number of nitrogens with one attached hydrogen (secondary N) is 1. The van der Waals surface area contributed by atoms with Crippen LogP contribution < -0.4 is 15.8 Å². The number of carbonyl (C=O) groups is 2. The van der Waals surface area contributed by atoms with E-state index in [1.165, 1.54) is 12.1 Å². The Morgan fingerprint density at radius 3 is 2.45 bits per heavy atom. The van der Waals surface area contributed by atoms with Crippen molar-refractivity contribution < 1.29 is 31.9 Å². The maximum Gasteiger partial charge on any atom is 0.391 e. The van der Waals surface area contributed by atoms with E-state index in [4.69, 9.17) is 22.1 Å². The van der Waals surface area contributed by atoms with Gasteiger partial charge >= 0.3 is 6.18 Å². The van der Waals surface area contributed by atoms with Gasteiger partial charge in [-0.05, 0) is 56.6 Å². The molecule has 0 spiro atoms. The minimum atomic E-state index is -4.17. The molecule has 3 rings (SSSR count). The Labute approximate surface area is 194 Å². The van der Waals surface area contributed by atoms with Crippen molar-refractivity contribution in [2.75, 3.05) is 19.7 Å². The van der Waals surface area contributed by atoms with Crippen LogP contribution in [0.3, 0.4) is 0 Å². The lowest BCUT2D eigenvalue weighted by Crippen LogP contribution is -2.57. The minimum absolute atomic E-state index is 0.0445. The Morgan fingerprint density at radius 1 is 1.15 bits per heavy atom. The lowest BCUT2D eigenvalue weighted by atomic mass is 9.81. The van der Waals surface area contributed by atoms with E-state index in [2.05, 4.69) is 5.32 Å². The van der Waals surface area contributed by atoms with Gasteiger partial charge in [0.25, 0.3) is 5.91 Å². The molecule has 2 atom stereocenters. The molecule has 3 N–H and O–H groups in total. The number of rotatable bonds is 7. The zero-order valence-electron chi connectivity index (χ0n) is 18.0. The number of likely N-dealkylation sites (tertiary alicyclic amines) is 1. The monoisotopic (exact) mass is 493 g/mol. The predicted octanol–water partition coefficient (Wildman–Crippen LogP) is 3.66. The summed E-state index contributed by atoms with van der Waals surface area (Å²) in [5.41, 5.74) is 5.55. The first kappa shape index (κ1) is 25.6. The number of alkyl halides is 3. The first-order valence-corrected chi connectivity index (χ1v) is 11.4. The standard InChI is InChI=1S/C22H28ClF4N3O3/c23-17-7-6-16(9-18(17)24)33-12-20(31)29-15-5-8-19(21(28)32)30(11-15)10-13-1-3-14(4-2-13)22(25,26)27/h6-7,9,13-15,19H,1-5,8,10-12H2,(H2,28,32)(H,29,31). The van der Waals surface area contributed by atoms with Gasteiger partial charge in [0.1, 0.15) is 11.6 Å². The van der Waals surface area contributed by atoms with Crippen molar-refractivity contribution in [2.45, 2.75) is 56.8 Å². The second kappa shape index (κ2) is 10.9. The third kappa shape index (κ3) is 7.20. The smallest absolute Gasteiger partial charge is 0.391 e. The van der Waals surface area contributed by atoms with E-state index in [0.717, 1.165) is 6.07 Å². The van der Waals surface area contributed by atoms with Crippen LogP contribution in [-0.2, 0) is 9.59 Å². The van der Waals surface area contributed by atoms with Crippen molar-refractivity contribution in [3.05, 3.63) is 29.0 Å². The highest BCUT2D eigenvalue weighted by Gasteiger charge is 2.42. The summed E-state index contributed by atoms with van der Waals surface area (Å²) in [5.74, 6) is -2.58. The van der Waals surface area contributed by atoms with Crippen molar-refractivity contribution in [1.82, 2.24) is 10.2 Å². The van der Waals surface area contributed by atoms with Gasteiger partial charge in [0.05, 0.1) is 17.0 Å². The van der Waals surface area contributed by atoms with E-state index in [1.807, 2.05) is 4.90 Å². The molecule has 2 aliphatic rings. The van der Waals surface area contributed by atoms with Crippen molar-refractivity contribution >= 4 is 23.4 Å². The van der Waals surface area contributed by atoms with Gasteiger partial charge in [-0.1, -0.05) is 11.6 Å². The third-order valence-corrected chi connectivity index (χ3v) is 6.75. The van der Waals surface area contributed by atoms with E-state index in [1.54, 1.807) is 0 Å². The van der Waals surface area contributed by atoms with Gasteiger partial charge in [-0.25, -0.2) is 4.39 Å². The van der Waals surface area contributed by atoms with Crippen molar-refractivity contribution in [1.29, 1.82) is 0 Å². The van der Waals surface area contributed by atoms with Crippen LogP contribution in [0.1, 0.15) is 38.5 Å². The van der Waals surface area contributed by atoms with Crippen molar-refractivity contribution in [2.24, 2.45) is 17.6 Å². The zero-order valence-corrected chi connectivity index (χ0v) is 18.8. The summed E-state index contributed by atoms with van der Waals surface area (Å²) in [5, 5.41) is 2.79. The fourth-order valence-corrected chi connectivity index (χ4v) is 4.79. The predicted molar refractivity (Wildman–Crippen MR) is 114 cm³/mol. The van der Waals surface area contributed by atoms with Gasteiger partial charge < -0.3 is 15.8 Å². The minimum Gasteiger partial charge on any atom is -0.484 e. The van der Waals surface area contributed by atoms with E-state index in [-0.39, 0.29) is 42.2 Å². The van der Waals surface area contributed by atoms with Crippen LogP contribution in [0.5, 0.6) is 5.75 Å². The molecule has 6 nitrogen and oxygen atoms in total. The number of ether oxygens (including phenoxy) is 1. The Kier molecular flexibility index (Phi) is 8.44. The van der Waals surface area contributed by atoms with Gasteiger partial charge in [-0.15, -0.1) is 0 Å². The molecule has 11 heteroatoms. The summed E-state index contributed by atoms with van der Waals surface area (Å²) in [6.07, 6.45) is -2.13. The van der Waals surface area contributed by atoms with Crippen molar-refractivity contribution in [3.8, 4) is 5.75 Å². The molecule has 1 heterocycles. The number of piperidine rings is 1. The number of nitrogens with two attached hydrogens (primary N) is 1. The molecule has 0 bridgehead atoms. The summed E-state index contributed by atoms with van der Waals surface area (Å²) in [6, 6.07) is 3.10. The number of primary amides is 1. The molecule has 1 aliphatic heterocycles. The van der Waals surface area contributed by atoms with Gasteiger partial charge in [-0.3, -0.25) is 14.5 Å². The van der Waals surface area contributed by atoms with Crippen LogP contribution in [0.2, 0.25) is 5.02 Å². The Balaban J connectivity index is 1.51. The molecule has 0 aromatic heterocycles. The first-order valence-electron chi connectivity index (χ1n) is 11.0. The average Bonchev–Trinajstić information content (AvgIpc) is 2.74. The number of hydrogen-bond donors (Lipinski definition) is 2. The lowest BCUT2D eigenvalue weighted by molar-refractivity contribution is -0.184. The fraction of sp³-hybridized carbons (Fsp3) is 0.636. The third-order valence-electron chi connectivity index (χ3n) is 6.44. The van der Waals surface area contributed by atoms with E-state index in [9.17, 15) is 27.2 Å². The number of amides is 2. The number of benzene rings is 1. The van der Waals surface area contributed by atoms with Crippen LogP contribution in [0.4, 0.5) is 17.6 Å². The topological polar surface area (TPSA) is 84.7 Å². The Morgan fingerprint density at radius 2 is 1.85 bits per heavy atom. The van der Waals surface area contributed by atoms with Crippen LogP contribution in [0.25, 0.3) is 0 Å². The van der Waals surface area contributed by atoms with Crippen LogP contribution in [0.15, 0.2) is 18.2 Å². The number of carbonyl (C=O) groups excluding carboxylic acids is 2. The molecule has 1 saturated carbocycles. The highest BCUT2D eigenvalue weighted by Crippen LogP contribution is 2.40. The maximum atomic E-state index is 13.5. The van der Waals surface area contributed by atoms with Crippen LogP contribution in [-0.4, -0.2) is 54.7 Å². The highest BCUT2D eigenvalue weighted by molar-refractivity contribution is 6.30. The molecule has 1 aromatic carbocycles. The average molecular weight is 494 g/mol. The number of halogens is 5. The molecule has 1 aromatic rings. The van der Waals surface area contributed by atoms with Crippen LogP contribution >= 0.6 is 11.6 Å². The summed E-state index contributed by atoms with van der Waals surface area (Å²) >= 11 is 5.62. The van der Waals surface area contributed by atoms with E-state index < -0.39 is 35.8 Å². The van der Waals surface area contributed by atoms with Gasteiger partial charge in [0, 0.05) is 25.2 Å². The Hall–Kier alpha value is -2.07. The van der Waals surface area contributed by atoms with Gasteiger partial charge in [0.15, 0.2) is 6.61 Å². The molecule has 1 aliphatic carbocycles. The number of hydrogen-bond acceptors (Lipinski definition) is 4. The summed E-state index contributed by atoms with van der Waals surface area (Å²) in [4.78, 5) is 26.1. The Bertz CT molecular complexity index is 847. The van der Waals surface area contributed by atoms with Gasteiger partial charge in [-0.2, -0.15) is 13.2 Å². The van der Waals surface area contributed by atoms with Crippen LogP contribution in [0, 0.1) is 17.7 Å². The highest BCUT2D eigenvalue weighted by atomic mass is 35.5. The molecule has 33 heavy (non-hydrogen) atoms. The molecule has 2 amide bonds. The number of nitrogens with zero attached hydrogens (tertiary/aromatic N) is 1. The maximum absolute atomic E-state index is 13.5. The zero-order chi connectivity index (χ0) is 24.2. The quantitative estimate of drug-likeness (QED) is 0.568. The molecule has 2 fully saturated rings. The summed E-state index contributed by atoms with van der Waals surface area (Å²) < 4.78 is 57.6. The van der Waals surface area contributed by atoms with E-state index in [0.29, 0.717) is 38.8 Å². The largest absolute Gasteiger partial charge is 0.484 e. The summed E-state index contributed by atoms with van der Waals surface area (Å²) in [7, 11) is 0. The van der Waals surface area contributed by atoms with Gasteiger partial charge in [0.2, 0.25) is 5.91 Å². The summed E-state index contributed by atoms with van der Waals surface area (Å²) in [6.45, 7) is 0.511. The second-order valence-corrected chi connectivity index (χ2v) is 9.24. The molecule has 0 radical (unpaired) electrons. The molecular formula is C22H28ClF4N3O3. The fourth-order valence-electron chi connectivity index (χ4n) is 4.67. The first-order chi connectivity index (χ1) is 15.5. The molecular weight excluding hydrogens is 466 g/mol. The SMILES string of the molecule is NC(=O)C1CCC(NC(=O)COc2ccc(Cl)c(F)c2)CN1CC1CCC(C(F)(F)F)CC1. The molecule has 2 unspecified atom stereocenters. The van der Waals surface area contributed by atoms with Crippen molar-refractivity contribution in [3.63, 3.8) is 0 Å². The normalized spacial score (nSPS) is 26.6.